The van der Waals surface area contributed by atoms with Gasteiger partial charge < -0.3 is 5.73 Å². The van der Waals surface area contributed by atoms with E-state index in [9.17, 15) is 0 Å². The number of aromatic nitrogens is 1. The molecule has 1 heterocycles. The zero-order valence-electron chi connectivity index (χ0n) is 7.51. The van der Waals surface area contributed by atoms with Crippen LogP contribution in [-0.2, 0) is 5.75 Å². The molecule has 2 N–H and O–H groups in total. The number of nitrogen functional groups attached to an aromatic ring is 1. The number of nitrogens with zero attached hydrogens (tertiary/aromatic N) is 1. The van der Waals surface area contributed by atoms with Crippen LogP contribution in [0.4, 0.5) is 5.82 Å². The third-order valence-electron chi connectivity index (χ3n) is 1.68. The lowest BCUT2D eigenvalue weighted by Crippen LogP contribution is -1.84. The second-order valence-electron chi connectivity index (χ2n) is 2.77. The Morgan fingerprint density at radius 3 is 2.71 bits per heavy atom. The van der Waals surface area contributed by atoms with Gasteiger partial charge in [-0.1, -0.05) is 18.2 Å². The van der Waals surface area contributed by atoms with Gasteiger partial charge in [-0.25, -0.2) is 4.98 Å². The number of hydrogen-bond donors (Lipinski definition) is 1. The standard InChI is InChI=1S/C10H10N2S2/c11-9-6-14-10(12-9)7-13-8-4-2-1-3-5-8/h1-6H,7,11H2. The van der Waals surface area contributed by atoms with Gasteiger partial charge in [0, 0.05) is 10.3 Å². The number of thioether (sulfide) groups is 1. The second-order valence-corrected chi connectivity index (χ2v) is 4.76. The van der Waals surface area contributed by atoms with Crippen molar-refractivity contribution in [2.24, 2.45) is 0 Å². The van der Waals surface area contributed by atoms with Crippen molar-refractivity contribution >= 4 is 28.9 Å². The third kappa shape index (κ3) is 2.49. The number of anilines is 1. The summed E-state index contributed by atoms with van der Waals surface area (Å²) in [7, 11) is 0. The highest BCUT2D eigenvalue weighted by Gasteiger charge is 1.99. The fourth-order valence-electron chi connectivity index (χ4n) is 1.05. The largest absolute Gasteiger partial charge is 0.383 e. The average Bonchev–Trinajstić information content (AvgIpc) is 2.63. The van der Waals surface area contributed by atoms with E-state index in [2.05, 4.69) is 17.1 Å². The number of thiazole rings is 1. The topological polar surface area (TPSA) is 38.9 Å². The van der Waals surface area contributed by atoms with Gasteiger partial charge in [-0.3, -0.25) is 0 Å². The molecular formula is C10H10N2S2. The minimum absolute atomic E-state index is 0.624. The first kappa shape index (κ1) is 9.55. The SMILES string of the molecule is Nc1csc(CSc2ccccc2)n1. The van der Waals surface area contributed by atoms with Crippen molar-refractivity contribution in [1.82, 2.24) is 4.98 Å². The molecule has 0 radical (unpaired) electrons. The highest BCUT2D eigenvalue weighted by atomic mass is 32.2. The first-order chi connectivity index (χ1) is 6.84. The van der Waals surface area contributed by atoms with E-state index in [-0.39, 0.29) is 0 Å². The van der Waals surface area contributed by atoms with E-state index in [0.717, 1.165) is 10.8 Å². The van der Waals surface area contributed by atoms with Gasteiger partial charge in [0.15, 0.2) is 0 Å². The van der Waals surface area contributed by atoms with E-state index in [1.54, 1.807) is 23.1 Å². The van der Waals surface area contributed by atoms with Crippen LogP contribution in [0.5, 0.6) is 0 Å². The quantitative estimate of drug-likeness (QED) is 0.811. The van der Waals surface area contributed by atoms with Crippen molar-refractivity contribution in [1.29, 1.82) is 0 Å². The minimum Gasteiger partial charge on any atom is -0.383 e. The van der Waals surface area contributed by atoms with Gasteiger partial charge in [0.25, 0.3) is 0 Å². The molecular weight excluding hydrogens is 212 g/mol. The average molecular weight is 222 g/mol. The summed E-state index contributed by atoms with van der Waals surface area (Å²) in [5.41, 5.74) is 5.54. The van der Waals surface area contributed by atoms with E-state index in [1.165, 1.54) is 4.90 Å². The first-order valence-electron chi connectivity index (χ1n) is 4.22. The summed E-state index contributed by atoms with van der Waals surface area (Å²) in [6, 6.07) is 10.3. The molecule has 0 atom stereocenters. The maximum atomic E-state index is 5.54. The molecule has 0 aliphatic rings. The summed E-state index contributed by atoms with van der Waals surface area (Å²) in [5.74, 6) is 1.52. The summed E-state index contributed by atoms with van der Waals surface area (Å²) in [6.07, 6.45) is 0. The van der Waals surface area contributed by atoms with Gasteiger partial charge in [-0.05, 0) is 12.1 Å². The Kier molecular flexibility index (Phi) is 3.06. The molecule has 0 aliphatic heterocycles. The van der Waals surface area contributed by atoms with E-state index in [0.29, 0.717) is 5.82 Å². The van der Waals surface area contributed by atoms with Gasteiger partial charge in [0.1, 0.15) is 10.8 Å². The van der Waals surface area contributed by atoms with Crippen LogP contribution in [0.3, 0.4) is 0 Å². The van der Waals surface area contributed by atoms with Gasteiger partial charge >= 0.3 is 0 Å². The molecule has 14 heavy (non-hydrogen) atoms. The Hall–Kier alpha value is -1.00. The zero-order chi connectivity index (χ0) is 9.80. The summed E-state index contributed by atoms with van der Waals surface area (Å²) in [4.78, 5) is 5.47. The predicted octanol–water partition coefficient (Wildman–Crippen LogP) is 3.02. The molecule has 72 valence electrons. The van der Waals surface area contributed by atoms with Crippen LogP contribution in [0.1, 0.15) is 5.01 Å². The molecule has 0 amide bonds. The Bertz CT molecular complexity index is 398. The van der Waals surface area contributed by atoms with E-state index in [1.807, 2.05) is 23.6 Å². The highest BCUT2D eigenvalue weighted by Crippen LogP contribution is 2.24. The van der Waals surface area contributed by atoms with Crippen molar-refractivity contribution in [3.8, 4) is 0 Å². The molecule has 0 spiro atoms. The lowest BCUT2D eigenvalue weighted by Gasteiger charge is -1.97. The molecule has 2 aromatic rings. The maximum absolute atomic E-state index is 5.54. The predicted molar refractivity (Wildman–Crippen MR) is 62.5 cm³/mol. The fourth-order valence-corrected chi connectivity index (χ4v) is 2.67. The van der Waals surface area contributed by atoms with Crippen LogP contribution in [-0.4, -0.2) is 4.98 Å². The van der Waals surface area contributed by atoms with Gasteiger partial charge in [-0.2, -0.15) is 0 Å². The molecule has 2 nitrogen and oxygen atoms in total. The molecule has 0 saturated carbocycles. The van der Waals surface area contributed by atoms with Crippen molar-refractivity contribution in [3.63, 3.8) is 0 Å². The summed E-state index contributed by atoms with van der Waals surface area (Å²) in [6.45, 7) is 0. The Morgan fingerprint density at radius 2 is 2.07 bits per heavy atom. The van der Waals surface area contributed by atoms with Crippen LogP contribution in [0.15, 0.2) is 40.6 Å². The molecule has 0 unspecified atom stereocenters. The third-order valence-corrected chi connectivity index (χ3v) is 3.75. The van der Waals surface area contributed by atoms with E-state index < -0.39 is 0 Å². The lowest BCUT2D eigenvalue weighted by atomic mass is 10.4. The van der Waals surface area contributed by atoms with Crippen molar-refractivity contribution in [2.45, 2.75) is 10.6 Å². The van der Waals surface area contributed by atoms with Crippen LogP contribution >= 0.6 is 23.1 Å². The summed E-state index contributed by atoms with van der Waals surface area (Å²) < 4.78 is 0. The van der Waals surface area contributed by atoms with Crippen molar-refractivity contribution < 1.29 is 0 Å². The number of nitrogens with two attached hydrogens (primary N) is 1. The Labute approximate surface area is 91.2 Å². The van der Waals surface area contributed by atoms with Crippen LogP contribution in [0.25, 0.3) is 0 Å². The molecule has 0 fully saturated rings. The normalized spacial score (nSPS) is 10.3. The van der Waals surface area contributed by atoms with E-state index in [4.69, 9.17) is 5.73 Å². The molecule has 0 saturated heterocycles. The van der Waals surface area contributed by atoms with Gasteiger partial charge in [0.05, 0.1) is 5.75 Å². The second kappa shape index (κ2) is 4.48. The van der Waals surface area contributed by atoms with Crippen LogP contribution < -0.4 is 5.73 Å². The molecule has 1 aromatic carbocycles. The van der Waals surface area contributed by atoms with Crippen LogP contribution in [0.2, 0.25) is 0 Å². The molecule has 1 aromatic heterocycles. The zero-order valence-corrected chi connectivity index (χ0v) is 9.15. The Morgan fingerprint density at radius 1 is 1.29 bits per heavy atom. The number of rotatable bonds is 3. The number of benzene rings is 1. The first-order valence-corrected chi connectivity index (χ1v) is 6.09. The minimum atomic E-state index is 0.624. The molecule has 2 rings (SSSR count). The van der Waals surface area contributed by atoms with Gasteiger partial charge in [0.2, 0.25) is 0 Å². The van der Waals surface area contributed by atoms with E-state index >= 15 is 0 Å². The summed E-state index contributed by atoms with van der Waals surface area (Å²) in [5, 5.41) is 2.96. The van der Waals surface area contributed by atoms with Gasteiger partial charge in [-0.15, -0.1) is 23.1 Å². The van der Waals surface area contributed by atoms with Crippen molar-refractivity contribution in [2.75, 3.05) is 5.73 Å². The highest BCUT2D eigenvalue weighted by molar-refractivity contribution is 7.98. The number of hydrogen-bond acceptors (Lipinski definition) is 4. The van der Waals surface area contributed by atoms with Crippen LogP contribution in [0, 0.1) is 0 Å². The smallest absolute Gasteiger partial charge is 0.134 e. The maximum Gasteiger partial charge on any atom is 0.134 e. The lowest BCUT2D eigenvalue weighted by molar-refractivity contribution is 1.27. The fraction of sp³-hybridized carbons (Fsp3) is 0.100. The molecule has 4 heteroatoms. The molecule has 0 aliphatic carbocycles. The van der Waals surface area contributed by atoms with Crippen molar-refractivity contribution in [3.05, 3.63) is 40.7 Å². The Balaban J connectivity index is 1.95. The monoisotopic (exact) mass is 222 g/mol. The molecule has 0 bridgehead atoms. The summed E-state index contributed by atoms with van der Waals surface area (Å²) >= 11 is 3.39.